The van der Waals surface area contributed by atoms with Crippen LogP contribution in [0.25, 0.3) is 0 Å². The normalized spacial score (nSPS) is 22.8. The van der Waals surface area contributed by atoms with Crippen LogP contribution >= 0.6 is 0 Å². The Morgan fingerprint density at radius 3 is 2.83 bits per heavy atom. The lowest BCUT2D eigenvalue weighted by atomic mass is 10.1. The predicted octanol–water partition coefficient (Wildman–Crippen LogP) is 1.34. The topological polar surface area (TPSA) is 21.3 Å². The first-order valence-electron chi connectivity index (χ1n) is 4.18. The molecule has 0 saturated carbocycles. The second-order valence-electron chi connectivity index (χ2n) is 3.00. The van der Waals surface area contributed by atoms with E-state index in [2.05, 4.69) is 29.6 Å². The molecule has 1 saturated heterocycles. The van der Waals surface area contributed by atoms with E-state index in [1.54, 1.807) is 6.73 Å². The maximum atomic E-state index is 5.09. The van der Waals surface area contributed by atoms with Crippen LogP contribution in [0.1, 0.15) is 5.56 Å². The van der Waals surface area contributed by atoms with E-state index in [4.69, 9.17) is 4.74 Å². The molecule has 1 aromatic rings. The van der Waals surface area contributed by atoms with Crippen molar-refractivity contribution in [3.05, 3.63) is 42.6 Å². The molecule has 1 radical (unpaired) electrons. The highest BCUT2D eigenvalue weighted by molar-refractivity contribution is 5.16. The second-order valence-corrected chi connectivity index (χ2v) is 3.00. The Morgan fingerprint density at radius 2 is 2.17 bits per heavy atom. The van der Waals surface area contributed by atoms with Gasteiger partial charge in [-0.15, -0.1) is 0 Å². The lowest BCUT2D eigenvalue weighted by molar-refractivity contribution is 0.245. The maximum Gasteiger partial charge on any atom is 0.148 e. The standard InChI is InChI=1S/C10H12NO/c1-2-4-9(5-3-1)6-10-7-12-8-11-10/h1-5,8,10-11H,6-7H2. The molecule has 1 aromatic carbocycles. The van der Waals surface area contributed by atoms with Crippen molar-refractivity contribution in [3.63, 3.8) is 0 Å². The molecule has 0 aliphatic carbocycles. The maximum absolute atomic E-state index is 5.09. The summed E-state index contributed by atoms with van der Waals surface area (Å²) in [5.74, 6) is 0. The molecule has 2 heteroatoms. The number of nitrogens with one attached hydrogen (secondary N) is 1. The van der Waals surface area contributed by atoms with Crippen LogP contribution in [0, 0.1) is 6.73 Å². The van der Waals surface area contributed by atoms with Gasteiger partial charge < -0.3 is 4.74 Å². The van der Waals surface area contributed by atoms with E-state index < -0.39 is 0 Å². The van der Waals surface area contributed by atoms with Crippen LogP contribution < -0.4 is 5.32 Å². The van der Waals surface area contributed by atoms with Gasteiger partial charge in [-0.25, -0.2) is 0 Å². The van der Waals surface area contributed by atoms with Crippen LogP contribution in [0.15, 0.2) is 30.3 Å². The van der Waals surface area contributed by atoms with Crippen LogP contribution in [0.5, 0.6) is 0 Å². The van der Waals surface area contributed by atoms with Gasteiger partial charge in [-0.05, 0) is 12.0 Å². The molecule has 1 unspecified atom stereocenters. The number of rotatable bonds is 2. The van der Waals surface area contributed by atoms with Crippen molar-refractivity contribution in [1.29, 1.82) is 0 Å². The summed E-state index contributed by atoms with van der Waals surface area (Å²) < 4.78 is 5.09. The quantitative estimate of drug-likeness (QED) is 0.708. The number of ether oxygens (including phenoxy) is 1. The van der Waals surface area contributed by atoms with Crippen molar-refractivity contribution in [2.75, 3.05) is 6.61 Å². The summed E-state index contributed by atoms with van der Waals surface area (Å²) in [5.41, 5.74) is 1.36. The minimum absolute atomic E-state index is 0.451. The molecule has 1 N–H and O–H groups in total. The van der Waals surface area contributed by atoms with Crippen molar-refractivity contribution in [1.82, 2.24) is 5.32 Å². The monoisotopic (exact) mass is 162 g/mol. The predicted molar refractivity (Wildman–Crippen MR) is 47.3 cm³/mol. The number of benzene rings is 1. The van der Waals surface area contributed by atoms with Crippen molar-refractivity contribution < 1.29 is 4.74 Å². The minimum atomic E-state index is 0.451. The van der Waals surface area contributed by atoms with E-state index in [0.29, 0.717) is 6.04 Å². The second kappa shape index (κ2) is 3.70. The van der Waals surface area contributed by atoms with Crippen LogP contribution in [0.2, 0.25) is 0 Å². The Balaban J connectivity index is 1.94. The zero-order chi connectivity index (χ0) is 8.23. The highest BCUT2D eigenvalue weighted by Crippen LogP contribution is 2.07. The summed E-state index contributed by atoms with van der Waals surface area (Å²) in [6, 6.07) is 10.9. The van der Waals surface area contributed by atoms with Gasteiger partial charge in [-0.3, -0.25) is 5.32 Å². The van der Waals surface area contributed by atoms with E-state index in [1.807, 2.05) is 6.07 Å². The van der Waals surface area contributed by atoms with Crippen LogP contribution in [-0.2, 0) is 11.2 Å². The van der Waals surface area contributed by atoms with E-state index in [0.717, 1.165) is 13.0 Å². The highest BCUT2D eigenvalue weighted by Gasteiger charge is 2.14. The molecule has 0 spiro atoms. The van der Waals surface area contributed by atoms with E-state index in [1.165, 1.54) is 5.56 Å². The summed E-state index contributed by atoms with van der Waals surface area (Å²) in [5, 5.41) is 3.16. The molecular weight excluding hydrogens is 150 g/mol. The smallest absolute Gasteiger partial charge is 0.148 e. The fraction of sp³-hybridized carbons (Fsp3) is 0.300. The Morgan fingerprint density at radius 1 is 1.33 bits per heavy atom. The molecule has 0 aromatic heterocycles. The van der Waals surface area contributed by atoms with Crippen LogP contribution in [0.4, 0.5) is 0 Å². The largest absolute Gasteiger partial charge is 0.357 e. The van der Waals surface area contributed by atoms with Gasteiger partial charge in [-0.2, -0.15) is 0 Å². The van der Waals surface area contributed by atoms with Crippen LogP contribution in [-0.4, -0.2) is 12.6 Å². The third kappa shape index (κ3) is 1.84. The van der Waals surface area contributed by atoms with E-state index in [-0.39, 0.29) is 0 Å². The van der Waals surface area contributed by atoms with Gasteiger partial charge in [0, 0.05) is 6.04 Å². The average Bonchev–Trinajstić information content (AvgIpc) is 2.59. The first-order valence-corrected chi connectivity index (χ1v) is 4.18. The minimum Gasteiger partial charge on any atom is -0.357 e. The lowest BCUT2D eigenvalue weighted by Gasteiger charge is -2.06. The summed E-state index contributed by atoms with van der Waals surface area (Å²) >= 11 is 0. The molecule has 1 aliphatic heterocycles. The fourth-order valence-electron chi connectivity index (χ4n) is 1.37. The average molecular weight is 162 g/mol. The molecule has 1 fully saturated rings. The third-order valence-electron chi connectivity index (χ3n) is 2.01. The summed E-state index contributed by atoms with van der Waals surface area (Å²) in [4.78, 5) is 0. The van der Waals surface area contributed by atoms with Gasteiger partial charge in [0.1, 0.15) is 6.73 Å². The summed E-state index contributed by atoms with van der Waals surface area (Å²) in [6.45, 7) is 2.46. The van der Waals surface area contributed by atoms with Gasteiger partial charge in [-0.1, -0.05) is 30.3 Å². The Labute approximate surface area is 72.5 Å². The number of hydrogen-bond acceptors (Lipinski definition) is 2. The van der Waals surface area contributed by atoms with Gasteiger partial charge in [0.2, 0.25) is 0 Å². The van der Waals surface area contributed by atoms with Crippen molar-refractivity contribution in [3.8, 4) is 0 Å². The molecular formula is C10H12NO. The summed E-state index contributed by atoms with van der Waals surface area (Å²) in [6.07, 6.45) is 1.04. The molecule has 12 heavy (non-hydrogen) atoms. The van der Waals surface area contributed by atoms with E-state index >= 15 is 0 Å². The third-order valence-corrected chi connectivity index (χ3v) is 2.01. The van der Waals surface area contributed by atoms with Gasteiger partial charge in [0.05, 0.1) is 6.61 Å². The zero-order valence-corrected chi connectivity index (χ0v) is 6.86. The molecule has 2 rings (SSSR count). The molecule has 1 heterocycles. The zero-order valence-electron chi connectivity index (χ0n) is 6.86. The summed E-state index contributed by atoms with van der Waals surface area (Å²) in [7, 11) is 0. The van der Waals surface area contributed by atoms with Crippen molar-refractivity contribution in [2.45, 2.75) is 12.5 Å². The Hall–Kier alpha value is -0.860. The first kappa shape index (κ1) is 7.77. The first-order chi connectivity index (χ1) is 5.95. The highest BCUT2D eigenvalue weighted by atomic mass is 16.5. The SMILES string of the molecule is [CH]1NC(Cc2ccccc2)CO1. The molecule has 0 bridgehead atoms. The van der Waals surface area contributed by atoms with Gasteiger partial charge in [0.25, 0.3) is 0 Å². The van der Waals surface area contributed by atoms with Crippen LogP contribution in [0.3, 0.4) is 0 Å². The van der Waals surface area contributed by atoms with Crippen molar-refractivity contribution >= 4 is 0 Å². The molecule has 63 valence electrons. The lowest BCUT2D eigenvalue weighted by Crippen LogP contribution is -2.24. The molecule has 0 amide bonds. The molecule has 1 atom stereocenters. The molecule has 1 aliphatic rings. The van der Waals surface area contributed by atoms with Gasteiger partial charge in [0.15, 0.2) is 0 Å². The Bertz CT molecular complexity index is 229. The van der Waals surface area contributed by atoms with Gasteiger partial charge >= 0.3 is 0 Å². The number of hydrogen-bond donors (Lipinski definition) is 1. The Kier molecular flexibility index (Phi) is 2.39. The fourth-order valence-corrected chi connectivity index (χ4v) is 1.37. The van der Waals surface area contributed by atoms with Crippen molar-refractivity contribution in [2.24, 2.45) is 0 Å². The van der Waals surface area contributed by atoms with E-state index in [9.17, 15) is 0 Å². The molecule has 2 nitrogen and oxygen atoms in total.